The minimum atomic E-state index is 0.352. The fraction of sp³-hybridized carbons (Fsp3) is 0.600. The molecule has 0 amide bonds. The van der Waals surface area contributed by atoms with Gasteiger partial charge in [-0.25, -0.2) is 0 Å². The van der Waals surface area contributed by atoms with Gasteiger partial charge in [-0.1, -0.05) is 24.6 Å². The molecular weight excluding hydrogens is 224 g/mol. The van der Waals surface area contributed by atoms with Crippen molar-refractivity contribution in [1.29, 1.82) is 0 Å². The zero-order valence-corrected chi connectivity index (χ0v) is 11.6. The van der Waals surface area contributed by atoms with Crippen molar-refractivity contribution in [1.82, 2.24) is 4.90 Å². The van der Waals surface area contributed by atoms with Gasteiger partial charge in [-0.15, -0.1) is 0 Å². The first kappa shape index (κ1) is 13.4. The van der Waals surface area contributed by atoms with E-state index in [0.717, 1.165) is 25.3 Å². The lowest BCUT2D eigenvalue weighted by molar-refractivity contribution is -0.00739. The third-order valence-electron chi connectivity index (χ3n) is 3.97. The third kappa shape index (κ3) is 3.03. The average Bonchev–Trinajstić information content (AvgIpc) is 2.36. The van der Waals surface area contributed by atoms with Crippen molar-refractivity contribution in [3.63, 3.8) is 0 Å². The van der Waals surface area contributed by atoms with Crippen LogP contribution < -0.4 is 5.73 Å². The van der Waals surface area contributed by atoms with E-state index in [1.165, 1.54) is 17.5 Å². The van der Waals surface area contributed by atoms with E-state index in [1.807, 2.05) is 13.2 Å². The van der Waals surface area contributed by atoms with Gasteiger partial charge in [-0.2, -0.15) is 0 Å². The number of aryl methyl sites for hydroxylation is 1. The van der Waals surface area contributed by atoms with Crippen LogP contribution in [0.3, 0.4) is 0 Å². The maximum absolute atomic E-state index is 6.04. The Morgan fingerprint density at radius 2 is 2.22 bits per heavy atom. The van der Waals surface area contributed by atoms with Crippen molar-refractivity contribution in [2.45, 2.75) is 32.9 Å². The standard InChI is InChI=1S/C15H24N2O/c1-11-4-5-14(16)13(8-11)9-17-7-6-12(2)15(10-17)18-3/h4-5,8,12,15H,6-7,9-10,16H2,1-3H3. The SMILES string of the molecule is COC1CN(Cc2cc(C)ccc2N)CCC1C. The molecule has 1 heterocycles. The first-order valence-corrected chi connectivity index (χ1v) is 6.70. The van der Waals surface area contributed by atoms with Crippen molar-refractivity contribution in [2.24, 2.45) is 5.92 Å². The van der Waals surface area contributed by atoms with Crippen LogP contribution in [0.2, 0.25) is 0 Å². The molecule has 2 N–H and O–H groups in total. The van der Waals surface area contributed by atoms with Gasteiger partial charge in [0, 0.05) is 25.9 Å². The first-order valence-electron chi connectivity index (χ1n) is 6.70. The summed E-state index contributed by atoms with van der Waals surface area (Å²) in [5.74, 6) is 0.654. The summed E-state index contributed by atoms with van der Waals surface area (Å²) in [7, 11) is 1.81. The number of hydrogen-bond donors (Lipinski definition) is 1. The number of likely N-dealkylation sites (tertiary alicyclic amines) is 1. The first-order chi connectivity index (χ1) is 8.60. The van der Waals surface area contributed by atoms with E-state index in [9.17, 15) is 0 Å². The Balaban J connectivity index is 2.03. The quantitative estimate of drug-likeness (QED) is 0.835. The molecule has 1 aromatic rings. The number of hydrogen-bond acceptors (Lipinski definition) is 3. The van der Waals surface area contributed by atoms with Crippen LogP contribution in [-0.2, 0) is 11.3 Å². The van der Waals surface area contributed by atoms with Gasteiger partial charge in [0.15, 0.2) is 0 Å². The molecule has 0 aromatic heterocycles. The Hall–Kier alpha value is -1.06. The number of nitrogens with zero attached hydrogens (tertiary/aromatic N) is 1. The number of piperidine rings is 1. The third-order valence-corrected chi connectivity index (χ3v) is 3.97. The van der Waals surface area contributed by atoms with Crippen molar-refractivity contribution in [3.8, 4) is 0 Å². The van der Waals surface area contributed by atoms with Gasteiger partial charge in [0.1, 0.15) is 0 Å². The van der Waals surface area contributed by atoms with E-state index >= 15 is 0 Å². The van der Waals surface area contributed by atoms with Gasteiger partial charge < -0.3 is 10.5 Å². The van der Waals surface area contributed by atoms with Crippen LogP contribution >= 0.6 is 0 Å². The van der Waals surface area contributed by atoms with E-state index in [0.29, 0.717) is 12.0 Å². The zero-order valence-electron chi connectivity index (χ0n) is 11.6. The van der Waals surface area contributed by atoms with Gasteiger partial charge in [0.2, 0.25) is 0 Å². The van der Waals surface area contributed by atoms with Crippen molar-refractivity contribution < 1.29 is 4.74 Å². The summed E-state index contributed by atoms with van der Waals surface area (Å²) in [6.07, 6.45) is 1.55. The van der Waals surface area contributed by atoms with Crippen molar-refractivity contribution in [2.75, 3.05) is 25.9 Å². The molecule has 1 aliphatic heterocycles. The summed E-state index contributed by atoms with van der Waals surface area (Å²) in [5, 5.41) is 0. The fourth-order valence-corrected chi connectivity index (χ4v) is 2.66. The fourth-order valence-electron chi connectivity index (χ4n) is 2.66. The summed E-state index contributed by atoms with van der Waals surface area (Å²) < 4.78 is 5.55. The largest absolute Gasteiger partial charge is 0.398 e. The number of methoxy groups -OCH3 is 1. The molecule has 1 aliphatic rings. The molecule has 2 atom stereocenters. The number of benzene rings is 1. The Kier molecular flexibility index (Phi) is 4.25. The smallest absolute Gasteiger partial charge is 0.0724 e. The maximum Gasteiger partial charge on any atom is 0.0724 e. The number of anilines is 1. The highest BCUT2D eigenvalue weighted by Gasteiger charge is 2.26. The summed E-state index contributed by atoms with van der Waals surface area (Å²) in [6, 6.07) is 6.26. The van der Waals surface area contributed by atoms with E-state index in [2.05, 4.69) is 30.9 Å². The molecule has 1 fully saturated rings. The molecule has 0 radical (unpaired) electrons. The van der Waals surface area contributed by atoms with Crippen molar-refractivity contribution >= 4 is 5.69 Å². The maximum atomic E-state index is 6.04. The number of nitrogens with two attached hydrogens (primary N) is 1. The summed E-state index contributed by atoms with van der Waals surface area (Å²) in [6.45, 7) is 7.45. The Bertz CT molecular complexity index is 405. The topological polar surface area (TPSA) is 38.5 Å². The van der Waals surface area contributed by atoms with Crippen LogP contribution in [0.4, 0.5) is 5.69 Å². The molecule has 3 heteroatoms. The van der Waals surface area contributed by atoms with Gasteiger partial charge in [0.25, 0.3) is 0 Å². The van der Waals surface area contributed by atoms with Crippen LogP contribution in [0, 0.1) is 12.8 Å². The molecule has 1 saturated heterocycles. The van der Waals surface area contributed by atoms with Crippen LogP contribution in [0.25, 0.3) is 0 Å². The Labute approximate surface area is 110 Å². The Morgan fingerprint density at radius 1 is 1.44 bits per heavy atom. The highest BCUT2D eigenvalue weighted by molar-refractivity contribution is 5.48. The van der Waals surface area contributed by atoms with Crippen LogP contribution in [0.15, 0.2) is 18.2 Å². The lowest BCUT2D eigenvalue weighted by atomic mass is 9.95. The molecule has 100 valence electrons. The van der Waals surface area contributed by atoms with E-state index < -0.39 is 0 Å². The molecule has 0 saturated carbocycles. The summed E-state index contributed by atoms with van der Waals surface area (Å²) >= 11 is 0. The van der Waals surface area contributed by atoms with Gasteiger partial charge in [-0.3, -0.25) is 4.90 Å². The highest BCUT2D eigenvalue weighted by atomic mass is 16.5. The molecule has 0 aliphatic carbocycles. The number of rotatable bonds is 3. The second kappa shape index (κ2) is 5.72. The van der Waals surface area contributed by atoms with E-state index in [-0.39, 0.29) is 0 Å². The van der Waals surface area contributed by atoms with Crippen molar-refractivity contribution in [3.05, 3.63) is 29.3 Å². The van der Waals surface area contributed by atoms with Gasteiger partial charge >= 0.3 is 0 Å². The van der Waals surface area contributed by atoms with Gasteiger partial charge in [-0.05, 0) is 37.4 Å². The molecule has 2 rings (SSSR count). The predicted octanol–water partition coefficient (Wildman–Crippen LogP) is 2.43. The lowest BCUT2D eigenvalue weighted by Gasteiger charge is -2.36. The second-order valence-corrected chi connectivity index (χ2v) is 5.48. The molecule has 3 nitrogen and oxygen atoms in total. The number of ether oxygens (including phenoxy) is 1. The van der Waals surface area contributed by atoms with Crippen LogP contribution in [-0.4, -0.2) is 31.2 Å². The lowest BCUT2D eigenvalue weighted by Crippen LogP contribution is -2.43. The minimum Gasteiger partial charge on any atom is -0.398 e. The second-order valence-electron chi connectivity index (χ2n) is 5.48. The molecule has 1 aromatic carbocycles. The summed E-state index contributed by atoms with van der Waals surface area (Å²) in [4.78, 5) is 2.44. The van der Waals surface area contributed by atoms with Gasteiger partial charge in [0.05, 0.1) is 6.10 Å². The van der Waals surface area contributed by atoms with Crippen LogP contribution in [0.5, 0.6) is 0 Å². The Morgan fingerprint density at radius 3 is 2.94 bits per heavy atom. The monoisotopic (exact) mass is 248 g/mol. The van der Waals surface area contributed by atoms with Crippen LogP contribution in [0.1, 0.15) is 24.5 Å². The number of nitrogen functional groups attached to an aromatic ring is 1. The molecule has 0 spiro atoms. The van der Waals surface area contributed by atoms with E-state index in [4.69, 9.17) is 10.5 Å². The molecular formula is C15H24N2O. The predicted molar refractivity (Wildman–Crippen MR) is 75.4 cm³/mol. The molecule has 0 bridgehead atoms. The average molecular weight is 248 g/mol. The zero-order chi connectivity index (χ0) is 13.1. The molecule has 2 unspecified atom stereocenters. The normalized spacial score (nSPS) is 25.3. The van der Waals surface area contributed by atoms with E-state index in [1.54, 1.807) is 0 Å². The molecule has 18 heavy (non-hydrogen) atoms. The summed E-state index contributed by atoms with van der Waals surface area (Å²) in [5.41, 5.74) is 9.45. The minimum absolute atomic E-state index is 0.352. The highest BCUT2D eigenvalue weighted by Crippen LogP contribution is 2.23.